The zero-order chi connectivity index (χ0) is 21.0. The molecule has 156 valence electrons. The van der Waals surface area contributed by atoms with Crippen LogP contribution in [0.4, 0.5) is 0 Å². The first-order chi connectivity index (χ1) is 14.5. The highest BCUT2D eigenvalue weighted by Crippen LogP contribution is 2.38. The Balaban J connectivity index is 1.64. The zero-order valence-electron chi connectivity index (χ0n) is 18.3. The lowest BCUT2D eigenvalue weighted by atomic mass is 10.0. The van der Waals surface area contributed by atoms with Crippen LogP contribution >= 0.6 is 0 Å². The predicted molar refractivity (Wildman–Crippen MR) is 129 cm³/mol. The van der Waals surface area contributed by atoms with Crippen molar-refractivity contribution < 1.29 is 4.43 Å². The van der Waals surface area contributed by atoms with Gasteiger partial charge >= 0.3 is 0 Å². The molecule has 0 amide bonds. The van der Waals surface area contributed by atoms with Gasteiger partial charge in [-0.15, -0.1) is 0 Å². The van der Waals surface area contributed by atoms with Crippen LogP contribution in [0.15, 0.2) is 91.0 Å². The van der Waals surface area contributed by atoms with Gasteiger partial charge < -0.3 is 9.74 Å². The fraction of sp³-hybridized carbons (Fsp3) is 0.333. The van der Waals surface area contributed by atoms with E-state index in [-0.39, 0.29) is 11.1 Å². The van der Waals surface area contributed by atoms with Crippen LogP contribution in [0.3, 0.4) is 0 Å². The summed E-state index contributed by atoms with van der Waals surface area (Å²) in [4.78, 5) is 0. The summed E-state index contributed by atoms with van der Waals surface area (Å²) in [5.41, 5.74) is 1.39. The molecule has 4 rings (SSSR count). The summed E-state index contributed by atoms with van der Waals surface area (Å²) in [5, 5.41) is 6.46. The van der Waals surface area contributed by atoms with Crippen molar-refractivity contribution in [3.05, 3.63) is 96.6 Å². The number of rotatable bonds is 6. The van der Waals surface area contributed by atoms with Crippen molar-refractivity contribution >= 4 is 18.7 Å². The van der Waals surface area contributed by atoms with Gasteiger partial charge in [-0.1, -0.05) is 112 Å². The summed E-state index contributed by atoms with van der Waals surface area (Å²) in [6, 6.07) is 33.1. The summed E-state index contributed by atoms with van der Waals surface area (Å²) in [5.74, 6) is 0. The first-order valence-corrected chi connectivity index (χ1v) is 13.0. The monoisotopic (exact) mass is 415 g/mol. The minimum atomic E-state index is -2.48. The highest BCUT2D eigenvalue weighted by atomic mass is 28.4. The van der Waals surface area contributed by atoms with Crippen LogP contribution in [0.25, 0.3) is 0 Å². The summed E-state index contributed by atoms with van der Waals surface area (Å²) in [6.45, 7) is 7.97. The van der Waals surface area contributed by atoms with Crippen LogP contribution in [0, 0.1) is 0 Å². The minimum absolute atomic E-state index is 0.0211. The van der Waals surface area contributed by atoms with Crippen molar-refractivity contribution in [3.8, 4) is 0 Å². The summed E-state index contributed by atoms with van der Waals surface area (Å²) >= 11 is 0. The lowest BCUT2D eigenvalue weighted by Crippen LogP contribution is -2.67. The molecule has 0 aliphatic carbocycles. The average Bonchev–Trinajstić information content (AvgIpc) is 3.20. The van der Waals surface area contributed by atoms with Crippen LogP contribution in [0.2, 0.25) is 5.04 Å². The van der Waals surface area contributed by atoms with Crippen LogP contribution in [-0.2, 0) is 10.8 Å². The summed E-state index contributed by atoms with van der Waals surface area (Å²) < 4.78 is 7.28. The molecule has 1 saturated heterocycles. The Hall–Kier alpha value is -2.20. The molecule has 1 fully saturated rings. The van der Waals surface area contributed by atoms with E-state index >= 15 is 0 Å². The Kier molecular flexibility index (Phi) is 6.23. The Morgan fingerprint density at radius 1 is 0.800 bits per heavy atom. The third-order valence-electron chi connectivity index (χ3n) is 6.27. The maximum absolute atomic E-state index is 7.28. The highest BCUT2D eigenvalue weighted by molar-refractivity contribution is 6.99. The average molecular weight is 416 g/mol. The Labute approximate surface area is 182 Å². The number of hydrogen-bond donors (Lipinski definition) is 1. The maximum Gasteiger partial charge on any atom is 0.261 e. The zero-order valence-corrected chi connectivity index (χ0v) is 19.3. The molecule has 1 N–H and O–H groups in total. The van der Waals surface area contributed by atoms with Crippen LogP contribution in [0.1, 0.15) is 32.8 Å². The third kappa shape index (κ3) is 4.29. The van der Waals surface area contributed by atoms with Crippen LogP contribution < -0.4 is 15.7 Å². The SMILES string of the molecule is CC(C)(C)[Si](O[C@H]1CNC(Cc2ccccc2)C1)(c1ccccc1)c1ccccc1. The van der Waals surface area contributed by atoms with Crippen molar-refractivity contribution in [3.63, 3.8) is 0 Å². The standard InChI is InChI=1S/C27H33NOSi/c1-27(2,3)30(25-15-9-5-10-16-25,26-17-11-6-12-18-26)29-24-20-23(28-21-24)19-22-13-7-4-8-14-22/h4-18,23-24,28H,19-21H2,1-3H3/t23?,24-/m1/s1. The van der Waals surface area contributed by atoms with Crippen molar-refractivity contribution in [1.29, 1.82) is 0 Å². The fourth-order valence-electron chi connectivity index (χ4n) is 4.87. The van der Waals surface area contributed by atoms with E-state index in [4.69, 9.17) is 4.43 Å². The van der Waals surface area contributed by atoms with Crippen LogP contribution in [-0.4, -0.2) is 27.0 Å². The number of benzene rings is 3. The van der Waals surface area contributed by atoms with Gasteiger partial charge in [0.15, 0.2) is 0 Å². The van der Waals surface area contributed by atoms with E-state index in [9.17, 15) is 0 Å². The molecule has 3 aromatic rings. The van der Waals surface area contributed by atoms with E-state index in [0.717, 1.165) is 19.4 Å². The molecule has 0 bridgehead atoms. The topological polar surface area (TPSA) is 21.3 Å². The van der Waals surface area contributed by atoms with Gasteiger partial charge in [0.05, 0.1) is 6.10 Å². The van der Waals surface area contributed by atoms with E-state index in [1.54, 1.807) is 0 Å². The second kappa shape index (κ2) is 8.89. The molecular weight excluding hydrogens is 382 g/mol. The highest BCUT2D eigenvalue weighted by Gasteiger charge is 2.52. The molecule has 1 aliphatic heterocycles. The van der Waals surface area contributed by atoms with E-state index in [0.29, 0.717) is 6.04 Å². The van der Waals surface area contributed by atoms with Crippen LogP contribution in [0.5, 0.6) is 0 Å². The molecule has 0 radical (unpaired) electrons. The van der Waals surface area contributed by atoms with Gasteiger partial charge in [0.2, 0.25) is 0 Å². The molecule has 0 saturated carbocycles. The quantitative estimate of drug-likeness (QED) is 0.597. The van der Waals surface area contributed by atoms with Gasteiger partial charge in [-0.25, -0.2) is 0 Å². The Morgan fingerprint density at radius 2 is 1.30 bits per heavy atom. The second-order valence-electron chi connectivity index (χ2n) is 9.43. The van der Waals surface area contributed by atoms with Gasteiger partial charge in [0, 0.05) is 12.6 Å². The lowest BCUT2D eigenvalue weighted by Gasteiger charge is -2.44. The van der Waals surface area contributed by atoms with E-state index < -0.39 is 8.32 Å². The summed E-state index contributed by atoms with van der Waals surface area (Å²) in [7, 11) is -2.48. The Bertz CT molecular complexity index is 882. The smallest absolute Gasteiger partial charge is 0.261 e. The van der Waals surface area contributed by atoms with Crippen molar-refractivity contribution in [2.45, 2.75) is 50.8 Å². The normalized spacial score (nSPS) is 19.7. The molecule has 2 nitrogen and oxygen atoms in total. The van der Waals surface area contributed by atoms with Gasteiger partial charge in [0.25, 0.3) is 8.32 Å². The number of nitrogens with one attached hydrogen (secondary N) is 1. The molecule has 1 heterocycles. The molecule has 1 unspecified atom stereocenters. The van der Waals surface area contributed by atoms with Gasteiger partial charge in [-0.2, -0.15) is 0 Å². The van der Waals surface area contributed by atoms with Crippen molar-refractivity contribution in [2.24, 2.45) is 0 Å². The molecule has 1 aliphatic rings. The first-order valence-electron chi connectivity index (χ1n) is 11.1. The van der Waals surface area contributed by atoms with Gasteiger partial charge in [-0.05, 0) is 33.8 Å². The van der Waals surface area contributed by atoms with Crippen molar-refractivity contribution in [2.75, 3.05) is 6.54 Å². The maximum atomic E-state index is 7.28. The molecule has 3 heteroatoms. The third-order valence-corrected chi connectivity index (χ3v) is 11.4. The molecular formula is C27H33NOSi. The molecule has 2 atom stereocenters. The summed E-state index contributed by atoms with van der Waals surface area (Å²) in [6.07, 6.45) is 2.34. The van der Waals surface area contributed by atoms with E-state index in [1.807, 2.05) is 0 Å². The second-order valence-corrected chi connectivity index (χ2v) is 13.7. The molecule has 3 aromatic carbocycles. The van der Waals surface area contributed by atoms with Crippen molar-refractivity contribution in [1.82, 2.24) is 5.32 Å². The fourth-order valence-corrected chi connectivity index (χ4v) is 9.56. The number of hydrogen-bond acceptors (Lipinski definition) is 2. The predicted octanol–water partition coefficient (Wildman–Crippen LogP) is 4.54. The molecule has 0 spiro atoms. The van der Waals surface area contributed by atoms with Gasteiger partial charge in [0.1, 0.15) is 0 Å². The minimum Gasteiger partial charge on any atom is -0.403 e. The molecule has 0 aromatic heterocycles. The van der Waals surface area contributed by atoms with E-state index in [1.165, 1.54) is 15.9 Å². The molecule has 30 heavy (non-hydrogen) atoms. The lowest BCUT2D eigenvalue weighted by molar-refractivity contribution is 0.204. The first kappa shape index (κ1) is 21.0. The largest absolute Gasteiger partial charge is 0.403 e. The van der Waals surface area contributed by atoms with Gasteiger partial charge in [-0.3, -0.25) is 0 Å². The Morgan fingerprint density at radius 3 is 1.80 bits per heavy atom. The van der Waals surface area contributed by atoms with E-state index in [2.05, 4.69) is 117 Å².